The van der Waals surface area contributed by atoms with Gasteiger partial charge in [0.05, 0.1) is 19.9 Å². The topological polar surface area (TPSA) is 41.7 Å². The first kappa shape index (κ1) is 17.9. The van der Waals surface area contributed by atoms with Gasteiger partial charge < -0.3 is 9.15 Å². The molecule has 6 heteroatoms. The maximum Gasteiger partial charge on any atom is 0.208 e. The molecule has 0 aliphatic carbocycles. The van der Waals surface area contributed by atoms with Crippen LogP contribution < -0.4 is 4.74 Å². The fourth-order valence-corrected chi connectivity index (χ4v) is 3.35. The van der Waals surface area contributed by atoms with Crippen LogP contribution in [0.3, 0.4) is 0 Å². The van der Waals surface area contributed by atoms with Gasteiger partial charge in [0.1, 0.15) is 17.3 Å². The van der Waals surface area contributed by atoms with Crippen LogP contribution in [0.1, 0.15) is 30.6 Å². The number of benzene rings is 1. The Morgan fingerprint density at radius 3 is 3.00 bits per heavy atom. The average Bonchev–Trinajstić information content (AvgIpc) is 3.24. The van der Waals surface area contributed by atoms with Crippen molar-refractivity contribution in [2.24, 2.45) is 0 Å². The fourth-order valence-electron chi connectivity index (χ4n) is 3.35. The summed E-state index contributed by atoms with van der Waals surface area (Å²) in [5, 5.41) is 0. The quantitative estimate of drug-likeness (QED) is 0.770. The predicted octanol–water partition coefficient (Wildman–Crippen LogP) is 3.09. The Kier molecular flexibility index (Phi) is 5.71. The van der Waals surface area contributed by atoms with Crippen LogP contribution >= 0.6 is 0 Å². The van der Waals surface area contributed by atoms with E-state index in [0.717, 1.165) is 48.9 Å². The summed E-state index contributed by atoms with van der Waals surface area (Å²) in [7, 11) is 3.73. The van der Waals surface area contributed by atoms with Crippen molar-refractivity contribution < 1.29 is 13.5 Å². The predicted molar refractivity (Wildman–Crippen MR) is 94.0 cm³/mol. The monoisotopic (exact) mass is 347 g/mol. The van der Waals surface area contributed by atoms with Crippen LogP contribution in [0.25, 0.3) is 0 Å². The summed E-state index contributed by atoms with van der Waals surface area (Å²) >= 11 is 0. The summed E-state index contributed by atoms with van der Waals surface area (Å²) in [5.74, 6) is 2.21. The van der Waals surface area contributed by atoms with E-state index in [2.05, 4.69) is 28.8 Å². The lowest BCUT2D eigenvalue weighted by atomic mass is 10.2. The molecule has 5 nitrogen and oxygen atoms in total. The highest BCUT2D eigenvalue weighted by molar-refractivity contribution is 5.33. The molecule has 0 spiro atoms. The molecule has 0 radical (unpaired) electrons. The highest BCUT2D eigenvalue weighted by Gasteiger charge is 2.27. The lowest BCUT2D eigenvalue weighted by molar-refractivity contribution is 0.203. The number of hydrogen-bond donors (Lipinski definition) is 0. The average molecular weight is 347 g/mol. The molecule has 1 unspecified atom stereocenters. The molecule has 3 rings (SSSR count). The van der Waals surface area contributed by atoms with Crippen LogP contribution in [0.5, 0.6) is 5.75 Å². The number of aromatic nitrogens is 1. The van der Waals surface area contributed by atoms with Gasteiger partial charge in [0.25, 0.3) is 0 Å². The van der Waals surface area contributed by atoms with E-state index in [1.807, 2.05) is 0 Å². The number of oxazole rings is 1. The van der Waals surface area contributed by atoms with Gasteiger partial charge in [0.15, 0.2) is 0 Å². The Balaban J connectivity index is 1.57. The minimum atomic E-state index is -0.223. The largest absolute Gasteiger partial charge is 0.496 e. The van der Waals surface area contributed by atoms with Crippen molar-refractivity contribution in [3.05, 3.63) is 47.4 Å². The van der Waals surface area contributed by atoms with Crippen LogP contribution in [0.15, 0.2) is 28.8 Å². The molecule has 0 amide bonds. The first-order valence-electron chi connectivity index (χ1n) is 8.77. The van der Waals surface area contributed by atoms with Gasteiger partial charge in [-0.2, -0.15) is 0 Å². The lowest BCUT2D eigenvalue weighted by Gasteiger charge is -2.23. The lowest BCUT2D eigenvalue weighted by Crippen LogP contribution is -2.34. The Hall–Kier alpha value is -1.92. The minimum absolute atomic E-state index is 0.223. The van der Waals surface area contributed by atoms with Crippen LogP contribution in [0.2, 0.25) is 0 Å². The molecule has 1 aliphatic heterocycles. The van der Waals surface area contributed by atoms with Crippen LogP contribution in [0, 0.1) is 5.82 Å². The molecule has 1 aromatic carbocycles. The molecule has 0 saturated carbocycles. The molecule has 1 saturated heterocycles. The van der Waals surface area contributed by atoms with Crippen LogP contribution in [0.4, 0.5) is 4.39 Å². The van der Waals surface area contributed by atoms with Crippen molar-refractivity contribution in [3.8, 4) is 5.75 Å². The van der Waals surface area contributed by atoms with Crippen molar-refractivity contribution in [2.75, 3.05) is 27.2 Å². The van der Waals surface area contributed by atoms with Crippen molar-refractivity contribution in [3.63, 3.8) is 0 Å². The second-order valence-electron chi connectivity index (χ2n) is 6.62. The number of likely N-dealkylation sites (N-methyl/N-ethyl adjacent to an activating group) is 1. The van der Waals surface area contributed by atoms with Gasteiger partial charge >= 0.3 is 0 Å². The van der Waals surface area contributed by atoms with E-state index in [-0.39, 0.29) is 5.82 Å². The van der Waals surface area contributed by atoms with E-state index >= 15 is 0 Å². The summed E-state index contributed by atoms with van der Waals surface area (Å²) < 4.78 is 24.6. The van der Waals surface area contributed by atoms with E-state index in [1.165, 1.54) is 6.07 Å². The summed E-state index contributed by atoms with van der Waals surface area (Å²) in [4.78, 5) is 8.96. The Morgan fingerprint density at radius 2 is 2.28 bits per heavy atom. The highest BCUT2D eigenvalue weighted by atomic mass is 19.1. The molecule has 0 N–H and O–H groups in total. The third kappa shape index (κ3) is 4.38. The van der Waals surface area contributed by atoms with E-state index in [4.69, 9.17) is 9.15 Å². The molecule has 1 fully saturated rings. The zero-order chi connectivity index (χ0) is 17.8. The second-order valence-corrected chi connectivity index (χ2v) is 6.62. The molecule has 1 aromatic heterocycles. The molecule has 25 heavy (non-hydrogen) atoms. The van der Waals surface area contributed by atoms with E-state index in [0.29, 0.717) is 19.1 Å². The number of hydrogen-bond acceptors (Lipinski definition) is 5. The molecule has 1 atom stereocenters. The Bertz CT molecular complexity index is 704. The van der Waals surface area contributed by atoms with E-state index in [1.54, 1.807) is 25.4 Å². The second kappa shape index (κ2) is 7.97. The van der Waals surface area contributed by atoms with E-state index < -0.39 is 0 Å². The van der Waals surface area contributed by atoms with Gasteiger partial charge in [-0.1, -0.05) is 6.92 Å². The molecule has 2 aromatic rings. The zero-order valence-corrected chi connectivity index (χ0v) is 15.2. The minimum Gasteiger partial charge on any atom is -0.496 e. The molecular formula is C19H26FN3O2. The third-order valence-electron chi connectivity index (χ3n) is 4.84. The number of rotatable bonds is 7. The number of aryl methyl sites for hydroxylation is 1. The maximum atomic E-state index is 13.5. The van der Waals surface area contributed by atoms with Crippen molar-refractivity contribution in [1.82, 2.24) is 14.8 Å². The summed E-state index contributed by atoms with van der Waals surface area (Å²) in [6.45, 7) is 5.40. The molecule has 1 aliphatic rings. The third-order valence-corrected chi connectivity index (χ3v) is 4.84. The van der Waals surface area contributed by atoms with Gasteiger partial charge in [-0.05, 0) is 31.7 Å². The first-order chi connectivity index (χ1) is 12.1. The number of methoxy groups -OCH3 is 1. The fraction of sp³-hybridized carbons (Fsp3) is 0.526. The number of nitrogens with zero attached hydrogens (tertiary/aromatic N) is 3. The van der Waals surface area contributed by atoms with Crippen molar-refractivity contribution in [1.29, 1.82) is 0 Å². The van der Waals surface area contributed by atoms with Gasteiger partial charge in [-0.15, -0.1) is 0 Å². The standard InChI is InChI=1S/C19H26FN3O2/c1-4-17-10-21-19(25-17)13-22(2)16-7-8-23(12-16)11-14-9-15(20)5-6-18(14)24-3/h5-6,9-10,16H,4,7-8,11-13H2,1-3H3. The van der Waals surface area contributed by atoms with Gasteiger partial charge in [0, 0.05) is 37.7 Å². The zero-order valence-electron chi connectivity index (χ0n) is 15.2. The van der Waals surface area contributed by atoms with Gasteiger partial charge in [-0.3, -0.25) is 9.80 Å². The number of halogens is 1. The summed E-state index contributed by atoms with van der Waals surface area (Å²) in [6.07, 6.45) is 3.75. The normalized spacial score (nSPS) is 18.2. The first-order valence-corrected chi connectivity index (χ1v) is 8.77. The summed E-state index contributed by atoms with van der Waals surface area (Å²) in [6, 6.07) is 5.13. The van der Waals surface area contributed by atoms with Gasteiger partial charge in [0.2, 0.25) is 5.89 Å². The SMILES string of the molecule is CCc1cnc(CN(C)C2CCN(Cc3cc(F)ccc3OC)C2)o1. The van der Waals surface area contributed by atoms with Crippen LogP contribution in [-0.2, 0) is 19.5 Å². The Labute approximate surface area is 148 Å². The van der Waals surface area contributed by atoms with Crippen molar-refractivity contribution in [2.45, 2.75) is 38.9 Å². The van der Waals surface area contributed by atoms with Crippen LogP contribution in [-0.4, -0.2) is 48.1 Å². The summed E-state index contributed by atoms with van der Waals surface area (Å²) in [5.41, 5.74) is 0.895. The molecule has 136 valence electrons. The number of likely N-dealkylation sites (tertiary alicyclic amines) is 1. The maximum absolute atomic E-state index is 13.5. The van der Waals surface area contributed by atoms with Gasteiger partial charge in [-0.25, -0.2) is 9.37 Å². The molecule has 2 heterocycles. The molecular weight excluding hydrogens is 321 g/mol. The highest BCUT2D eigenvalue weighted by Crippen LogP contribution is 2.24. The Morgan fingerprint density at radius 1 is 1.44 bits per heavy atom. The smallest absolute Gasteiger partial charge is 0.208 e. The number of ether oxygens (including phenoxy) is 1. The van der Waals surface area contributed by atoms with E-state index in [9.17, 15) is 4.39 Å². The molecule has 0 bridgehead atoms. The van der Waals surface area contributed by atoms with Crippen molar-refractivity contribution >= 4 is 0 Å².